The van der Waals surface area contributed by atoms with Gasteiger partial charge in [-0.1, -0.05) is 11.2 Å². The average molecular weight is 155 g/mol. The smallest absolute Gasteiger partial charge is 0.0690 e. The molecule has 0 radical (unpaired) electrons. The fraction of sp³-hybridized carbons (Fsp3) is 0.625. The van der Waals surface area contributed by atoms with Crippen LogP contribution in [0.1, 0.15) is 19.3 Å². The Hall–Kier alpha value is -0.830. The lowest BCUT2D eigenvalue weighted by molar-refractivity contribution is 0.0947. The van der Waals surface area contributed by atoms with Gasteiger partial charge in [0.2, 0.25) is 0 Å². The maximum atomic E-state index is 8.24. The first-order chi connectivity index (χ1) is 5.36. The minimum Gasteiger partial charge on any atom is -0.411 e. The summed E-state index contributed by atoms with van der Waals surface area (Å²) in [7, 11) is 1.73. The van der Waals surface area contributed by atoms with Crippen LogP contribution >= 0.6 is 0 Å². The van der Waals surface area contributed by atoms with Crippen LogP contribution in [0.25, 0.3) is 0 Å². The highest BCUT2D eigenvalue weighted by atomic mass is 16.5. The summed E-state index contributed by atoms with van der Waals surface area (Å²) in [6, 6.07) is 0. The molecule has 0 amide bonds. The van der Waals surface area contributed by atoms with Gasteiger partial charge in [-0.3, -0.25) is 0 Å². The highest BCUT2D eigenvalue weighted by molar-refractivity contribution is 5.78. The van der Waals surface area contributed by atoms with Crippen LogP contribution in [0.4, 0.5) is 0 Å². The van der Waals surface area contributed by atoms with Gasteiger partial charge < -0.3 is 9.94 Å². The summed E-state index contributed by atoms with van der Waals surface area (Å²) in [4.78, 5) is 0. The highest BCUT2D eigenvalue weighted by Crippen LogP contribution is 2.18. The molecule has 0 aromatic carbocycles. The molecule has 1 aliphatic rings. The Labute approximate surface area is 66.4 Å². The van der Waals surface area contributed by atoms with Crippen LogP contribution in [0.3, 0.4) is 0 Å². The standard InChI is InChI=1S/C8H13NO2/c1-11-8-4-2-7(3-5-8)6-9-10/h2,6,8,10H,3-5H2,1H3. The Morgan fingerprint density at radius 3 is 3.09 bits per heavy atom. The van der Waals surface area contributed by atoms with Gasteiger partial charge in [-0.15, -0.1) is 0 Å². The van der Waals surface area contributed by atoms with Crippen LogP contribution in [-0.2, 0) is 4.74 Å². The molecule has 0 bridgehead atoms. The molecule has 1 atom stereocenters. The molecule has 0 fully saturated rings. The van der Waals surface area contributed by atoms with Crippen molar-refractivity contribution >= 4 is 6.21 Å². The number of hydrogen-bond donors (Lipinski definition) is 1. The molecule has 3 nitrogen and oxygen atoms in total. The zero-order valence-corrected chi connectivity index (χ0v) is 6.66. The molecule has 0 aliphatic heterocycles. The van der Waals surface area contributed by atoms with Crippen LogP contribution in [-0.4, -0.2) is 24.6 Å². The molecular formula is C8H13NO2. The predicted molar refractivity (Wildman–Crippen MR) is 43.0 cm³/mol. The van der Waals surface area contributed by atoms with Gasteiger partial charge in [-0.2, -0.15) is 0 Å². The number of ether oxygens (including phenoxy) is 1. The van der Waals surface area contributed by atoms with Gasteiger partial charge in [0, 0.05) is 7.11 Å². The van der Waals surface area contributed by atoms with Crippen molar-refractivity contribution in [2.75, 3.05) is 7.11 Å². The van der Waals surface area contributed by atoms with Crippen LogP contribution in [0.5, 0.6) is 0 Å². The Balaban J connectivity index is 2.43. The monoisotopic (exact) mass is 155 g/mol. The Kier molecular flexibility index (Phi) is 3.11. The number of methoxy groups -OCH3 is 1. The Morgan fingerprint density at radius 1 is 1.82 bits per heavy atom. The average Bonchev–Trinajstić information content (AvgIpc) is 2.07. The van der Waals surface area contributed by atoms with Crippen LogP contribution in [0.2, 0.25) is 0 Å². The minimum atomic E-state index is 0.353. The van der Waals surface area contributed by atoms with E-state index in [-0.39, 0.29) is 0 Å². The quantitative estimate of drug-likeness (QED) is 0.373. The van der Waals surface area contributed by atoms with E-state index < -0.39 is 0 Å². The molecule has 1 unspecified atom stereocenters. The van der Waals surface area contributed by atoms with E-state index in [1.807, 2.05) is 0 Å². The van der Waals surface area contributed by atoms with Gasteiger partial charge in [-0.25, -0.2) is 0 Å². The highest BCUT2D eigenvalue weighted by Gasteiger charge is 2.11. The third-order valence-electron chi connectivity index (χ3n) is 1.95. The van der Waals surface area contributed by atoms with Crippen molar-refractivity contribution in [1.29, 1.82) is 0 Å². The summed E-state index contributed by atoms with van der Waals surface area (Å²) in [5.74, 6) is 0. The molecule has 1 rings (SSSR count). The first-order valence-electron chi connectivity index (χ1n) is 3.76. The second-order valence-corrected chi connectivity index (χ2v) is 2.66. The van der Waals surface area contributed by atoms with Crippen molar-refractivity contribution in [1.82, 2.24) is 0 Å². The van der Waals surface area contributed by atoms with Gasteiger partial charge in [0.25, 0.3) is 0 Å². The number of hydrogen-bond acceptors (Lipinski definition) is 3. The van der Waals surface area contributed by atoms with Gasteiger partial charge >= 0.3 is 0 Å². The van der Waals surface area contributed by atoms with E-state index in [0.717, 1.165) is 24.8 Å². The molecule has 3 heteroatoms. The summed E-state index contributed by atoms with van der Waals surface area (Å²) in [5.41, 5.74) is 1.10. The maximum Gasteiger partial charge on any atom is 0.0690 e. The van der Waals surface area contributed by atoms with E-state index >= 15 is 0 Å². The summed E-state index contributed by atoms with van der Waals surface area (Å²) in [6.45, 7) is 0. The molecule has 1 N–H and O–H groups in total. The Morgan fingerprint density at radius 2 is 2.64 bits per heavy atom. The second-order valence-electron chi connectivity index (χ2n) is 2.66. The zero-order valence-electron chi connectivity index (χ0n) is 6.66. The lowest BCUT2D eigenvalue weighted by Crippen LogP contribution is -2.13. The summed E-state index contributed by atoms with van der Waals surface area (Å²) >= 11 is 0. The number of oxime groups is 1. The summed E-state index contributed by atoms with van der Waals surface area (Å²) < 4.78 is 5.17. The molecule has 0 heterocycles. The number of allylic oxidation sites excluding steroid dienone is 1. The van der Waals surface area contributed by atoms with Crippen LogP contribution < -0.4 is 0 Å². The largest absolute Gasteiger partial charge is 0.411 e. The van der Waals surface area contributed by atoms with Crippen LogP contribution in [0.15, 0.2) is 16.8 Å². The maximum absolute atomic E-state index is 8.24. The van der Waals surface area contributed by atoms with Crippen LogP contribution in [0, 0.1) is 0 Å². The zero-order chi connectivity index (χ0) is 8.10. The second kappa shape index (κ2) is 4.13. The molecular weight excluding hydrogens is 142 g/mol. The molecule has 0 aromatic heterocycles. The van der Waals surface area contributed by atoms with Crippen molar-refractivity contribution in [3.63, 3.8) is 0 Å². The van der Waals surface area contributed by atoms with E-state index in [1.54, 1.807) is 7.11 Å². The minimum absolute atomic E-state index is 0.353. The third kappa shape index (κ3) is 2.35. The fourth-order valence-electron chi connectivity index (χ4n) is 1.24. The molecule has 0 spiro atoms. The summed E-state index contributed by atoms with van der Waals surface area (Å²) in [5, 5.41) is 11.2. The lowest BCUT2D eigenvalue weighted by atomic mass is 9.98. The molecule has 1 aliphatic carbocycles. The molecule has 0 aromatic rings. The van der Waals surface area contributed by atoms with Gasteiger partial charge in [0.15, 0.2) is 0 Å². The molecule has 0 saturated carbocycles. The van der Waals surface area contributed by atoms with Crippen molar-refractivity contribution in [2.24, 2.45) is 5.16 Å². The molecule has 0 saturated heterocycles. The van der Waals surface area contributed by atoms with Gasteiger partial charge in [0.05, 0.1) is 12.3 Å². The van der Waals surface area contributed by atoms with Gasteiger partial charge in [-0.05, 0) is 24.8 Å². The number of nitrogens with zero attached hydrogens (tertiary/aromatic N) is 1. The molecule has 11 heavy (non-hydrogen) atoms. The van der Waals surface area contributed by atoms with E-state index in [4.69, 9.17) is 9.94 Å². The lowest BCUT2D eigenvalue weighted by Gasteiger charge is -2.18. The van der Waals surface area contributed by atoms with Crippen molar-refractivity contribution in [2.45, 2.75) is 25.4 Å². The first kappa shape index (κ1) is 8.27. The first-order valence-corrected chi connectivity index (χ1v) is 3.76. The van der Waals surface area contributed by atoms with E-state index in [2.05, 4.69) is 11.2 Å². The van der Waals surface area contributed by atoms with E-state index in [1.165, 1.54) is 6.21 Å². The van der Waals surface area contributed by atoms with Crippen molar-refractivity contribution in [3.05, 3.63) is 11.6 Å². The SMILES string of the molecule is COC1CC=C(C=NO)CC1. The summed E-state index contributed by atoms with van der Waals surface area (Å²) in [6.07, 6.45) is 6.80. The van der Waals surface area contributed by atoms with E-state index in [0.29, 0.717) is 6.10 Å². The normalized spacial score (nSPS) is 25.5. The predicted octanol–water partition coefficient (Wildman–Crippen LogP) is 1.57. The third-order valence-corrected chi connectivity index (χ3v) is 1.95. The topological polar surface area (TPSA) is 41.8 Å². The van der Waals surface area contributed by atoms with Crippen molar-refractivity contribution < 1.29 is 9.94 Å². The Bertz CT molecular complexity index is 175. The van der Waals surface area contributed by atoms with Crippen molar-refractivity contribution in [3.8, 4) is 0 Å². The fourth-order valence-corrected chi connectivity index (χ4v) is 1.24. The van der Waals surface area contributed by atoms with E-state index in [9.17, 15) is 0 Å². The molecule has 62 valence electrons. The van der Waals surface area contributed by atoms with Gasteiger partial charge in [0.1, 0.15) is 0 Å². The number of rotatable bonds is 2.